The Bertz CT molecular complexity index is 469. The summed E-state index contributed by atoms with van der Waals surface area (Å²) in [6, 6.07) is 6.25. The minimum absolute atomic E-state index is 0.279. The zero-order valence-corrected chi connectivity index (χ0v) is 9.45. The monoisotopic (exact) mass is 232 g/mol. The summed E-state index contributed by atoms with van der Waals surface area (Å²) >= 11 is 0. The molecule has 0 amide bonds. The molecule has 1 saturated heterocycles. The number of benzene rings is 1. The summed E-state index contributed by atoms with van der Waals surface area (Å²) in [4.78, 5) is 13.2. The van der Waals surface area contributed by atoms with Crippen molar-refractivity contribution < 1.29 is 9.18 Å². The van der Waals surface area contributed by atoms with E-state index in [4.69, 9.17) is 5.26 Å². The van der Waals surface area contributed by atoms with Gasteiger partial charge in [0.05, 0.1) is 11.6 Å². The molecule has 1 aliphatic heterocycles. The summed E-state index contributed by atoms with van der Waals surface area (Å²) in [7, 11) is 0. The van der Waals surface area contributed by atoms with Crippen molar-refractivity contribution in [2.24, 2.45) is 0 Å². The van der Waals surface area contributed by atoms with Crippen LogP contribution in [-0.4, -0.2) is 23.8 Å². The molecule has 88 valence electrons. The molecule has 4 heteroatoms. The van der Waals surface area contributed by atoms with Crippen LogP contribution < -0.4 is 0 Å². The fourth-order valence-electron chi connectivity index (χ4n) is 2.00. The van der Waals surface area contributed by atoms with Crippen LogP contribution >= 0.6 is 0 Å². The van der Waals surface area contributed by atoms with E-state index in [9.17, 15) is 9.18 Å². The molecule has 1 aromatic rings. The summed E-state index contributed by atoms with van der Waals surface area (Å²) in [5.41, 5.74) is 1.20. The molecule has 0 radical (unpaired) electrons. The number of Topliss-reactive ketones (excluding diaryl/α,β-unsaturated/α-hetero) is 1. The van der Waals surface area contributed by atoms with Gasteiger partial charge in [0.1, 0.15) is 11.6 Å². The van der Waals surface area contributed by atoms with Gasteiger partial charge >= 0.3 is 0 Å². The Morgan fingerprint density at radius 3 is 2.71 bits per heavy atom. The maximum absolute atomic E-state index is 13.1. The maximum Gasteiger partial charge on any atom is 0.135 e. The summed E-state index contributed by atoms with van der Waals surface area (Å²) in [6.07, 6.45) is 1.11. The number of piperidine rings is 1. The van der Waals surface area contributed by atoms with E-state index in [0.29, 0.717) is 43.6 Å². The third kappa shape index (κ3) is 2.89. The lowest BCUT2D eigenvalue weighted by molar-refractivity contribution is -0.121. The minimum atomic E-state index is -0.327. The lowest BCUT2D eigenvalue weighted by Crippen LogP contribution is -2.33. The largest absolute Gasteiger partial charge is 0.300 e. The molecule has 0 spiro atoms. The van der Waals surface area contributed by atoms with Gasteiger partial charge in [-0.3, -0.25) is 9.69 Å². The van der Waals surface area contributed by atoms with Crippen LogP contribution in [0.5, 0.6) is 0 Å². The fraction of sp³-hybridized carbons (Fsp3) is 0.385. The zero-order chi connectivity index (χ0) is 12.3. The van der Waals surface area contributed by atoms with Crippen molar-refractivity contribution in [2.75, 3.05) is 13.1 Å². The Hall–Kier alpha value is -1.73. The first kappa shape index (κ1) is 11.7. The highest BCUT2D eigenvalue weighted by Gasteiger charge is 2.17. The van der Waals surface area contributed by atoms with E-state index in [1.807, 2.05) is 0 Å². The number of likely N-dealkylation sites (tertiary alicyclic amines) is 1. The zero-order valence-electron chi connectivity index (χ0n) is 9.45. The quantitative estimate of drug-likeness (QED) is 0.781. The van der Waals surface area contributed by atoms with Crippen molar-refractivity contribution in [3.8, 4) is 6.07 Å². The van der Waals surface area contributed by atoms with Crippen LogP contribution in [0.25, 0.3) is 0 Å². The Balaban J connectivity index is 2.10. The van der Waals surface area contributed by atoms with E-state index < -0.39 is 0 Å². The van der Waals surface area contributed by atoms with E-state index >= 15 is 0 Å². The van der Waals surface area contributed by atoms with E-state index in [1.165, 1.54) is 18.2 Å². The normalized spacial score (nSPS) is 16.8. The van der Waals surface area contributed by atoms with Crippen LogP contribution in [0.3, 0.4) is 0 Å². The smallest absolute Gasteiger partial charge is 0.135 e. The van der Waals surface area contributed by atoms with Crippen LogP contribution in [0, 0.1) is 17.1 Å². The number of nitrogens with zero attached hydrogens (tertiary/aromatic N) is 2. The average Bonchev–Trinajstić information content (AvgIpc) is 2.32. The van der Waals surface area contributed by atoms with Crippen LogP contribution in [0.15, 0.2) is 18.2 Å². The molecule has 0 saturated carbocycles. The average molecular weight is 232 g/mol. The molecule has 1 fully saturated rings. The third-order valence-electron chi connectivity index (χ3n) is 3.00. The van der Waals surface area contributed by atoms with Crippen molar-refractivity contribution in [1.29, 1.82) is 5.26 Å². The summed E-state index contributed by atoms with van der Waals surface area (Å²) in [6.45, 7) is 1.92. The number of carbonyl (C=O) groups excluding carboxylic acids is 1. The van der Waals surface area contributed by atoms with Crippen molar-refractivity contribution in [1.82, 2.24) is 4.90 Å². The topological polar surface area (TPSA) is 44.1 Å². The number of halogens is 1. The molecule has 0 aliphatic carbocycles. The van der Waals surface area contributed by atoms with Gasteiger partial charge in [-0.2, -0.15) is 5.26 Å². The van der Waals surface area contributed by atoms with Crippen molar-refractivity contribution in [3.05, 3.63) is 35.1 Å². The van der Waals surface area contributed by atoms with Crippen LogP contribution in [0.2, 0.25) is 0 Å². The number of nitriles is 1. The molecule has 0 unspecified atom stereocenters. The minimum Gasteiger partial charge on any atom is -0.300 e. The Labute approximate surface area is 99.5 Å². The van der Waals surface area contributed by atoms with Gasteiger partial charge in [0.25, 0.3) is 0 Å². The molecule has 1 heterocycles. The summed E-state index contributed by atoms with van der Waals surface area (Å²) < 4.78 is 13.1. The van der Waals surface area contributed by atoms with Crippen LogP contribution in [0.4, 0.5) is 4.39 Å². The molecule has 1 aromatic carbocycles. The second kappa shape index (κ2) is 5.07. The predicted octanol–water partition coefficient (Wildman–Crippen LogP) is 1.86. The van der Waals surface area contributed by atoms with Gasteiger partial charge in [0.15, 0.2) is 0 Å². The van der Waals surface area contributed by atoms with E-state index in [2.05, 4.69) is 11.0 Å². The number of hydrogen-bond acceptors (Lipinski definition) is 3. The number of hydrogen-bond donors (Lipinski definition) is 0. The number of carbonyl (C=O) groups is 1. The molecule has 0 bridgehead atoms. The lowest BCUT2D eigenvalue weighted by atomic mass is 10.1. The van der Waals surface area contributed by atoms with Gasteiger partial charge in [0, 0.05) is 32.5 Å². The molecule has 0 aromatic heterocycles. The fourth-order valence-corrected chi connectivity index (χ4v) is 2.00. The molecule has 1 aliphatic rings. The highest BCUT2D eigenvalue weighted by atomic mass is 19.1. The second-order valence-corrected chi connectivity index (χ2v) is 4.23. The van der Waals surface area contributed by atoms with Crippen LogP contribution in [-0.2, 0) is 11.3 Å². The predicted molar refractivity (Wildman–Crippen MR) is 60.6 cm³/mol. The summed E-state index contributed by atoms with van der Waals surface area (Å²) in [5, 5.41) is 8.94. The molecule has 17 heavy (non-hydrogen) atoms. The van der Waals surface area contributed by atoms with Crippen molar-refractivity contribution in [3.63, 3.8) is 0 Å². The molecule has 0 N–H and O–H groups in total. The summed E-state index contributed by atoms with van der Waals surface area (Å²) in [5.74, 6) is -0.0481. The first-order valence-corrected chi connectivity index (χ1v) is 5.61. The molecule has 2 rings (SSSR count). The van der Waals surface area contributed by atoms with Crippen molar-refractivity contribution >= 4 is 5.78 Å². The molecule has 0 atom stereocenters. The SMILES string of the molecule is N#Cc1ccc(F)cc1CN1CCC(=O)CC1. The van der Waals surface area contributed by atoms with Gasteiger partial charge in [-0.25, -0.2) is 4.39 Å². The highest BCUT2D eigenvalue weighted by molar-refractivity contribution is 5.79. The number of rotatable bonds is 2. The highest BCUT2D eigenvalue weighted by Crippen LogP contribution is 2.15. The van der Waals surface area contributed by atoms with Crippen molar-refractivity contribution in [2.45, 2.75) is 19.4 Å². The Morgan fingerprint density at radius 2 is 2.06 bits per heavy atom. The van der Waals surface area contributed by atoms with Gasteiger partial charge in [0.2, 0.25) is 0 Å². The van der Waals surface area contributed by atoms with Crippen LogP contribution in [0.1, 0.15) is 24.0 Å². The first-order chi connectivity index (χ1) is 8.19. The number of ketones is 1. The Kier molecular flexibility index (Phi) is 3.50. The standard InChI is InChI=1S/C13H13FN2O/c14-12-2-1-10(8-15)11(7-12)9-16-5-3-13(17)4-6-16/h1-2,7H,3-6,9H2. The van der Waals surface area contributed by atoms with Gasteiger partial charge < -0.3 is 0 Å². The third-order valence-corrected chi connectivity index (χ3v) is 3.00. The van der Waals surface area contributed by atoms with E-state index in [-0.39, 0.29) is 11.6 Å². The lowest BCUT2D eigenvalue weighted by Gasteiger charge is -2.26. The van der Waals surface area contributed by atoms with Gasteiger partial charge in [-0.15, -0.1) is 0 Å². The molecular weight excluding hydrogens is 219 g/mol. The van der Waals surface area contributed by atoms with E-state index in [1.54, 1.807) is 0 Å². The second-order valence-electron chi connectivity index (χ2n) is 4.23. The van der Waals surface area contributed by atoms with Gasteiger partial charge in [-0.1, -0.05) is 0 Å². The Morgan fingerprint density at radius 1 is 1.35 bits per heavy atom. The van der Waals surface area contributed by atoms with Gasteiger partial charge in [-0.05, 0) is 23.8 Å². The maximum atomic E-state index is 13.1. The first-order valence-electron chi connectivity index (χ1n) is 5.61. The molecular formula is C13H13FN2O. The molecule has 3 nitrogen and oxygen atoms in total. The van der Waals surface area contributed by atoms with E-state index in [0.717, 1.165) is 0 Å².